The number of anilines is 3. The molecule has 0 heterocycles. The summed E-state index contributed by atoms with van der Waals surface area (Å²) in [7, 11) is 0. The normalized spacial score (nSPS) is 12.6. The topological polar surface area (TPSA) is 3.24 Å². The van der Waals surface area contributed by atoms with E-state index in [1.165, 1.54) is 87.6 Å². The third-order valence-corrected chi connectivity index (χ3v) is 12.2. The molecule has 0 amide bonds. The van der Waals surface area contributed by atoms with Crippen molar-refractivity contribution in [2.24, 2.45) is 0 Å². The number of benzene rings is 10. The van der Waals surface area contributed by atoms with Gasteiger partial charge in [-0.05, 0) is 136 Å². The Morgan fingerprint density at radius 1 is 0.345 bits per heavy atom. The summed E-state index contributed by atoms with van der Waals surface area (Å²) in [6.45, 7) is 4.77. The van der Waals surface area contributed by atoms with Gasteiger partial charge in [-0.2, -0.15) is 12.6 Å². The molecule has 10 aromatic rings. The lowest BCUT2D eigenvalue weighted by Gasteiger charge is -2.26. The summed E-state index contributed by atoms with van der Waals surface area (Å²) in [4.78, 5) is 2.36. The van der Waals surface area contributed by atoms with Gasteiger partial charge in [0.15, 0.2) is 0 Å². The summed E-state index contributed by atoms with van der Waals surface area (Å²) in [5, 5.41) is 10.1. The van der Waals surface area contributed by atoms with Crippen LogP contribution in [0, 0.1) is 0 Å². The van der Waals surface area contributed by atoms with Gasteiger partial charge in [0.25, 0.3) is 0 Å². The van der Waals surface area contributed by atoms with Gasteiger partial charge in [0, 0.05) is 22.5 Å². The summed E-state index contributed by atoms with van der Waals surface area (Å²) in [6, 6.07) is 73.8. The van der Waals surface area contributed by atoms with Crippen molar-refractivity contribution in [3.05, 3.63) is 211 Å². The maximum absolute atomic E-state index is 3.53. The third kappa shape index (κ3) is 5.62. The molecule has 0 saturated heterocycles. The fourth-order valence-corrected chi connectivity index (χ4v) is 9.60. The van der Waals surface area contributed by atoms with Crippen molar-refractivity contribution in [2.75, 3.05) is 11.2 Å². The smallest absolute Gasteiger partial charge is 0.0468 e. The van der Waals surface area contributed by atoms with Crippen LogP contribution in [-0.2, 0) is 5.41 Å². The van der Waals surface area contributed by atoms with E-state index in [1.807, 2.05) is 0 Å². The molecule has 11 rings (SSSR count). The van der Waals surface area contributed by atoms with Crippen molar-refractivity contribution in [3.63, 3.8) is 0 Å². The molecule has 278 valence electrons. The van der Waals surface area contributed by atoms with E-state index in [4.69, 9.17) is 0 Å². The largest absolute Gasteiger partial charge is 0.310 e. The fourth-order valence-electron chi connectivity index (χ4n) is 9.60. The maximum atomic E-state index is 3.53. The molecule has 2 heteroatoms. The van der Waals surface area contributed by atoms with Crippen molar-refractivity contribution in [2.45, 2.75) is 19.3 Å². The van der Waals surface area contributed by atoms with Crippen LogP contribution in [0.25, 0.3) is 76.5 Å². The van der Waals surface area contributed by atoms with E-state index >= 15 is 0 Å². The Morgan fingerprint density at radius 3 is 1.48 bits per heavy atom. The van der Waals surface area contributed by atoms with Gasteiger partial charge >= 0.3 is 0 Å². The summed E-state index contributed by atoms with van der Waals surface area (Å²) < 4.78 is 0. The first-order valence-electron chi connectivity index (χ1n) is 20.1. The predicted molar refractivity (Wildman–Crippen MR) is 254 cm³/mol. The van der Waals surface area contributed by atoms with Crippen LogP contribution in [0.1, 0.15) is 25.0 Å². The Bertz CT molecular complexity index is 3100. The van der Waals surface area contributed by atoms with Crippen LogP contribution in [0.4, 0.5) is 17.1 Å². The molecule has 0 spiro atoms. The standard InChI is InChI=1S/C55H39N.CH4S/c1-55(2)50-27-15-14-26-48(50)54-43-21-9-8-20-42(43)49(35-51(54)55)53-46-24-12-10-22-44(46)52(45-23-11-13-25-47(45)53)37-29-31-40(32-30-37)56(39-18-4-3-5-19-39)41-33-28-36-16-6-7-17-38(36)34-41;1-2/h3-35H,1-2H3;2H,1H3. The number of hydrogen-bond donors (Lipinski definition) is 1. The molecule has 0 bridgehead atoms. The molecule has 1 aliphatic carbocycles. The minimum Gasteiger partial charge on any atom is -0.310 e. The lowest BCUT2D eigenvalue weighted by molar-refractivity contribution is 0.661. The highest BCUT2D eigenvalue weighted by atomic mass is 32.1. The highest BCUT2D eigenvalue weighted by Crippen LogP contribution is 2.55. The number of fused-ring (bicyclic) bond motifs is 8. The Balaban J connectivity index is 0.00000201. The zero-order chi connectivity index (χ0) is 39.4. The summed E-state index contributed by atoms with van der Waals surface area (Å²) in [5.41, 5.74) is 13.9. The van der Waals surface area contributed by atoms with Crippen LogP contribution in [0.3, 0.4) is 0 Å². The third-order valence-electron chi connectivity index (χ3n) is 12.2. The molecule has 0 aliphatic heterocycles. The Hall–Kier alpha value is -6.61. The van der Waals surface area contributed by atoms with Crippen molar-refractivity contribution in [1.29, 1.82) is 0 Å². The van der Waals surface area contributed by atoms with Gasteiger partial charge in [-0.15, -0.1) is 0 Å². The van der Waals surface area contributed by atoms with Crippen molar-refractivity contribution in [3.8, 4) is 33.4 Å². The highest BCUT2D eigenvalue weighted by Gasteiger charge is 2.37. The Morgan fingerprint density at radius 2 is 0.828 bits per heavy atom. The summed E-state index contributed by atoms with van der Waals surface area (Å²) in [5.74, 6) is 0. The lowest BCUT2D eigenvalue weighted by atomic mass is 9.79. The predicted octanol–water partition coefficient (Wildman–Crippen LogP) is 16.0. The minimum atomic E-state index is -0.113. The van der Waals surface area contributed by atoms with E-state index in [-0.39, 0.29) is 5.41 Å². The maximum Gasteiger partial charge on any atom is 0.0468 e. The van der Waals surface area contributed by atoms with E-state index < -0.39 is 0 Å². The molecule has 58 heavy (non-hydrogen) atoms. The number of para-hydroxylation sites is 1. The number of nitrogens with zero attached hydrogens (tertiary/aromatic N) is 1. The second kappa shape index (κ2) is 14.4. The van der Waals surface area contributed by atoms with Crippen LogP contribution < -0.4 is 4.90 Å². The van der Waals surface area contributed by atoms with Crippen LogP contribution >= 0.6 is 12.6 Å². The van der Waals surface area contributed by atoms with E-state index in [9.17, 15) is 0 Å². The summed E-state index contributed by atoms with van der Waals surface area (Å²) >= 11 is 3.53. The molecule has 0 aromatic heterocycles. The quantitative estimate of drug-likeness (QED) is 0.135. The van der Waals surface area contributed by atoms with E-state index in [2.05, 4.69) is 232 Å². The van der Waals surface area contributed by atoms with Gasteiger partial charge in [-0.25, -0.2) is 0 Å². The van der Waals surface area contributed by atoms with Gasteiger partial charge < -0.3 is 4.90 Å². The highest BCUT2D eigenvalue weighted by molar-refractivity contribution is 7.79. The summed E-state index contributed by atoms with van der Waals surface area (Å²) in [6.07, 6.45) is 1.69. The SMILES string of the molecule is CC1(C)c2ccccc2-c2c1cc(-c1c3ccccc3c(-c3ccc(N(c4ccccc4)c4ccc5ccccc5c4)cc3)c3ccccc13)c1ccccc21.CS. The lowest BCUT2D eigenvalue weighted by Crippen LogP contribution is -2.15. The monoisotopic (exact) mass is 761 g/mol. The average molecular weight is 762 g/mol. The molecular weight excluding hydrogens is 719 g/mol. The van der Waals surface area contributed by atoms with Crippen LogP contribution in [0.5, 0.6) is 0 Å². The van der Waals surface area contributed by atoms with E-state index in [0.717, 1.165) is 17.1 Å². The number of thiol groups is 1. The van der Waals surface area contributed by atoms with Crippen molar-refractivity contribution >= 4 is 72.8 Å². The molecule has 0 unspecified atom stereocenters. The minimum absolute atomic E-state index is 0.113. The van der Waals surface area contributed by atoms with Crippen molar-refractivity contribution < 1.29 is 0 Å². The molecule has 0 radical (unpaired) electrons. The first-order chi connectivity index (χ1) is 28.6. The molecule has 1 nitrogen and oxygen atoms in total. The zero-order valence-corrected chi connectivity index (χ0v) is 33.8. The Labute approximate surface area is 346 Å². The molecule has 0 saturated carbocycles. The zero-order valence-electron chi connectivity index (χ0n) is 32.9. The second-order valence-electron chi connectivity index (χ2n) is 15.7. The first kappa shape index (κ1) is 35.8. The number of rotatable bonds is 5. The number of hydrogen-bond acceptors (Lipinski definition) is 2. The van der Waals surface area contributed by atoms with Gasteiger partial charge in [-0.1, -0.05) is 172 Å². The molecule has 0 atom stereocenters. The molecule has 1 aliphatic rings. The Kier molecular flexibility index (Phi) is 8.88. The first-order valence-corrected chi connectivity index (χ1v) is 20.9. The van der Waals surface area contributed by atoms with Crippen LogP contribution in [0.2, 0.25) is 0 Å². The van der Waals surface area contributed by atoms with E-state index in [1.54, 1.807) is 6.26 Å². The van der Waals surface area contributed by atoms with Crippen LogP contribution in [0.15, 0.2) is 200 Å². The molecule has 0 fully saturated rings. The van der Waals surface area contributed by atoms with E-state index in [0.29, 0.717) is 0 Å². The van der Waals surface area contributed by atoms with Gasteiger partial charge in [0.2, 0.25) is 0 Å². The second-order valence-corrected chi connectivity index (χ2v) is 15.7. The fraction of sp³-hybridized carbons (Fsp3) is 0.0714. The van der Waals surface area contributed by atoms with Gasteiger partial charge in [0.05, 0.1) is 0 Å². The van der Waals surface area contributed by atoms with Gasteiger partial charge in [-0.3, -0.25) is 0 Å². The van der Waals surface area contributed by atoms with Gasteiger partial charge in [0.1, 0.15) is 0 Å². The van der Waals surface area contributed by atoms with Crippen molar-refractivity contribution in [1.82, 2.24) is 0 Å². The molecular formula is C56H43NS. The molecule has 0 N–H and O–H groups in total. The average Bonchev–Trinajstić information content (AvgIpc) is 3.52. The molecule has 10 aromatic carbocycles. The van der Waals surface area contributed by atoms with Crippen LogP contribution in [-0.4, -0.2) is 6.26 Å².